The fourth-order valence-electron chi connectivity index (χ4n) is 5.59. The Kier molecular flexibility index (Phi) is 10.6. The van der Waals surface area contributed by atoms with Crippen molar-refractivity contribution in [2.75, 3.05) is 25.1 Å². The Morgan fingerprint density at radius 1 is 0.864 bits per heavy atom. The molecule has 4 rings (SSSR count). The second-order valence-corrected chi connectivity index (χ2v) is 13.4. The Bertz CT molecular complexity index is 1560. The van der Waals surface area contributed by atoms with Crippen LogP contribution in [0.4, 0.5) is 5.69 Å². The summed E-state index contributed by atoms with van der Waals surface area (Å²) in [7, 11) is -1.36. The summed E-state index contributed by atoms with van der Waals surface area (Å²) in [5.41, 5.74) is 3.95. The second-order valence-electron chi connectivity index (χ2n) is 11.5. The van der Waals surface area contributed by atoms with Gasteiger partial charge in [-0.1, -0.05) is 48.7 Å². The highest BCUT2D eigenvalue weighted by atomic mass is 32.2. The molecule has 0 saturated heterocycles. The summed E-state index contributed by atoms with van der Waals surface area (Å²) >= 11 is 0. The average Bonchev–Trinajstić information content (AvgIpc) is 3.51. The normalized spacial score (nSPS) is 14.1. The van der Waals surface area contributed by atoms with Gasteiger partial charge in [-0.15, -0.1) is 0 Å². The molecule has 0 radical (unpaired) electrons. The molecule has 10 heteroatoms. The Balaban J connectivity index is 1.74. The van der Waals surface area contributed by atoms with E-state index in [0.717, 1.165) is 52.2 Å². The van der Waals surface area contributed by atoms with Crippen LogP contribution in [0.2, 0.25) is 0 Å². The third-order valence-corrected chi connectivity index (χ3v) is 9.83. The number of sulfonamides is 1. The molecule has 0 aliphatic heterocycles. The molecule has 0 unspecified atom stereocenters. The third-order valence-electron chi connectivity index (χ3n) is 8.06. The van der Waals surface area contributed by atoms with Crippen molar-refractivity contribution in [1.29, 1.82) is 0 Å². The Morgan fingerprint density at radius 2 is 1.48 bits per heavy atom. The molecule has 0 aromatic heterocycles. The molecular weight excluding hydrogens is 578 g/mol. The smallest absolute Gasteiger partial charge is 0.264 e. The first-order valence-corrected chi connectivity index (χ1v) is 16.4. The van der Waals surface area contributed by atoms with Crippen LogP contribution in [0.1, 0.15) is 54.9 Å². The highest BCUT2D eigenvalue weighted by Crippen LogP contribution is 2.33. The lowest BCUT2D eigenvalue weighted by Crippen LogP contribution is -2.52. The van der Waals surface area contributed by atoms with E-state index in [4.69, 9.17) is 9.47 Å². The standard InChI is InChI=1S/C34H43N3O6S/c1-23-11-13-27(14-12-23)21-36(26(4)34(39)35-28-9-7-8-10-28)33(38)22-37(29-18-24(2)17-25(3)19-29)44(40,41)30-15-16-31(42-5)32(20-30)43-6/h11-20,26,28H,7-10,21-22H2,1-6H3,(H,35,39)/t26-/m1/s1. The van der Waals surface area contributed by atoms with E-state index in [2.05, 4.69) is 5.32 Å². The first-order valence-electron chi connectivity index (χ1n) is 14.9. The number of hydrogen-bond acceptors (Lipinski definition) is 6. The summed E-state index contributed by atoms with van der Waals surface area (Å²) < 4.78 is 40.4. The molecule has 0 heterocycles. The van der Waals surface area contributed by atoms with Crippen LogP contribution in [0, 0.1) is 20.8 Å². The van der Waals surface area contributed by atoms with Crippen molar-refractivity contribution in [2.45, 2.75) is 76.9 Å². The van der Waals surface area contributed by atoms with Gasteiger partial charge in [-0.05, 0) is 81.5 Å². The maximum atomic E-state index is 14.3. The van der Waals surface area contributed by atoms with E-state index in [9.17, 15) is 18.0 Å². The number of hydrogen-bond donors (Lipinski definition) is 1. The maximum Gasteiger partial charge on any atom is 0.264 e. The number of benzene rings is 3. The van der Waals surface area contributed by atoms with Crippen LogP contribution in [0.25, 0.3) is 0 Å². The van der Waals surface area contributed by atoms with E-state index < -0.39 is 28.5 Å². The van der Waals surface area contributed by atoms with E-state index in [1.807, 2.05) is 51.1 Å². The zero-order valence-electron chi connectivity index (χ0n) is 26.4. The molecule has 0 spiro atoms. The molecule has 1 atom stereocenters. The van der Waals surface area contributed by atoms with Crippen LogP contribution in [0.3, 0.4) is 0 Å². The van der Waals surface area contributed by atoms with Gasteiger partial charge in [0.05, 0.1) is 24.8 Å². The first kappa shape index (κ1) is 32.9. The van der Waals surface area contributed by atoms with Gasteiger partial charge in [0.1, 0.15) is 12.6 Å². The quantitative estimate of drug-likeness (QED) is 0.294. The van der Waals surface area contributed by atoms with Crippen molar-refractivity contribution in [3.05, 3.63) is 82.9 Å². The van der Waals surface area contributed by atoms with Crippen molar-refractivity contribution in [1.82, 2.24) is 10.2 Å². The summed E-state index contributed by atoms with van der Waals surface area (Å²) in [6.07, 6.45) is 3.94. The van der Waals surface area contributed by atoms with E-state index >= 15 is 0 Å². The molecule has 3 aromatic carbocycles. The zero-order chi connectivity index (χ0) is 32.0. The minimum atomic E-state index is -4.27. The molecule has 1 saturated carbocycles. The highest BCUT2D eigenvalue weighted by molar-refractivity contribution is 7.92. The fraction of sp³-hybridized carbons (Fsp3) is 0.412. The molecule has 1 aliphatic rings. The van der Waals surface area contributed by atoms with Gasteiger partial charge in [0.2, 0.25) is 11.8 Å². The number of nitrogens with zero attached hydrogens (tertiary/aromatic N) is 2. The van der Waals surface area contributed by atoms with Crippen LogP contribution in [-0.2, 0) is 26.2 Å². The lowest BCUT2D eigenvalue weighted by atomic mass is 10.1. The minimum Gasteiger partial charge on any atom is -0.493 e. The number of ether oxygens (including phenoxy) is 2. The Morgan fingerprint density at radius 3 is 2.07 bits per heavy atom. The number of carbonyl (C=O) groups excluding carboxylic acids is 2. The second kappa shape index (κ2) is 14.2. The molecule has 3 aromatic rings. The molecule has 2 amide bonds. The predicted octanol–water partition coefficient (Wildman–Crippen LogP) is 5.30. The SMILES string of the molecule is COc1ccc(S(=O)(=O)N(CC(=O)N(Cc2ccc(C)cc2)[C@H](C)C(=O)NC2CCCC2)c2cc(C)cc(C)c2)cc1OC. The minimum absolute atomic E-state index is 0.0563. The van der Waals surface area contributed by atoms with Gasteiger partial charge in [-0.3, -0.25) is 13.9 Å². The predicted molar refractivity (Wildman–Crippen MR) is 172 cm³/mol. The van der Waals surface area contributed by atoms with Crippen LogP contribution < -0.4 is 19.1 Å². The van der Waals surface area contributed by atoms with Crippen molar-refractivity contribution < 1.29 is 27.5 Å². The molecule has 1 aliphatic carbocycles. The van der Waals surface area contributed by atoms with Gasteiger partial charge in [0.15, 0.2) is 11.5 Å². The monoisotopic (exact) mass is 621 g/mol. The summed E-state index contributed by atoms with van der Waals surface area (Å²) in [6.45, 7) is 7.06. The van der Waals surface area contributed by atoms with Crippen LogP contribution in [0.15, 0.2) is 65.6 Å². The number of carbonyl (C=O) groups is 2. The van der Waals surface area contributed by atoms with Gasteiger partial charge < -0.3 is 19.7 Å². The lowest BCUT2D eigenvalue weighted by molar-refractivity contribution is -0.139. The molecule has 0 bridgehead atoms. The van der Waals surface area contributed by atoms with Gasteiger partial charge >= 0.3 is 0 Å². The highest BCUT2D eigenvalue weighted by Gasteiger charge is 2.34. The largest absolute Gasteiger partial charge is 0.493 e. The summed E-state index contributed by atoms with van der Waals surface area (Å²) in [4.78, 5) is 29.1. The van der Waals surface area contributed by atoms with E-state index in [1.165, 1.54) is 37.3 Å². The molecule has 9 nitrogen and oxygen atoms in total. The number of aryl methyl sites for hydroxylation is 3. The van der Waals surface area contributed by atoms with Crippen molar-refractivity contribution in [3.8, 4) is 11.5 Å². The zero-order valence-corrected chi connectivity index (χ0v) is 27.2. The third kappa shape index (κ3) is 7.72. The summed E-state index contributed by atoms with van der Waals surface area (Å²) in [6, 6.07) is 16.7. The van der Waals surface area contributed by atoms with E-state index in [1.54, 1.807) is 19.1 Å². The molecule has 1 fully saturated rings. The molecule has 44 heavy (non-hydrogen) atoms. The number of methoxy groups -OCH3 is 2. The van der Waals surface area contributed by atoms with Gasteiger partial charge in [-0.2, -0.15) is 0 Å². The lowest BCUT2D eigenvalue weighted by Gasteiger charge is -2.32. The number of amides is 2. The van der Waals surface area contributed by atoms with Crippen molar-refractivity contribution in [2.24, 2.45) is 0 Å². The fourth-order valence-corrected chi connectivity index (χ4v) is 7.01. The Hall–Kier alpha value is -4.05. The molecule has 236 valence electrons. The maximum absolute atomic E-state index is 14.3. The average molecular weight is 622 g/mol. The van der Waals surface area contributed by atoms with Crippen LogP contribution >= 0.6 is 0 Å². The Labute approximate surface area is 261 Å². The topological polar surface area (TPSA) is 105 Å². The van der Waals surface area contributed by atoms with Gasteiger partial charge in [0.25, 0.3) is 10.0 Å². The number of rotatable bonds is 12. The summed E-state index contributed by atoms with van der Waals surface area (Å²) in [5, 5.41) is 3.10. The van der Waals surface area contributed by atoms with E-state index in [0.29, 0.717) is 11.4 Å². The first-order chi connectivity index (χ1) is 20.9. The van der Waals surface area contributed by atoms with Crippen LogP contribution in [-0.4, -0.2) is 58.0 Å². The number of nitrogens with one attached hydrogen (secondary N) is 1. The van der Waals surface area contributed by atoms with Crippen molar-refractivity contribution in [3.63, 3.8) is 0 Å². The molecule has 1 N–H and O–H groups in total. The molecular formula is C34H43N3O6S. The van der Waals surface area contributed by atoms with E-state index in [-0.39, 0.29) is 29.1 Å². The summed E-state index contributed by atoms with van der Waals surface area (Å²) in [5.74, 6) is -0.119. The number of anilines is 1. The van der Waals surface area contributed by atoms with Crippen LogP contribution in [0.5, 0.6) is 11.5 Å². The van der Waals surface area contributed by atoms with Crippen molar-refractivity contribution >= 4 is 27.5 Å². The van der Waals surface area contributed by atoms with Gasteiger partial charge in [-0.25, -0.2) is 8.42 Å². The van der Waals surface area contributed by atoms with Gasteiger partial charge in [0, 0.05) is 18.7 Å².